The number of nitrogens with one attached hydrogen (secondary N) is 4. The average Bonchev–Trinajstić information content (AvgIpc) is 3.13. The quantitative estimate of drug-likeness (QED) is 0.617. The summed E-state index contributed by atoms with van der Waals surface area (Å²) in [6, 6.07) is 5.91. The van der Waals surface area contributed by atoms with E-state index in [0.717, 1.165) is 19.5 Å². The maximum atomic E-state index is 13.0. The molecule has 1 aromatic carbocycles. The van der Waals surface area contributed by atoms with Crippen LogP contribution in [0.25, 0.3) is 0 Å². The molecular weight excluding hydrogens is 349 g/mol. The van der Waals surface area contributed by atoms with E-state index in [9.17, 15) is 14.0 Å². The predicted molar refractivity (Wildman–Crippen MR) is 99.2 cm³/mol. The second-order valence-electron chi connectivity index (χ2n) is 7.63. The molecule has 0 aliphatic carbocycles. The number of nitrogens with zero attached hydrogens (tertiary/aromatic N) is 1. The van der Waals surface area contributed by atoms with E-state index in [1.54, 1.807) is 12.1 Å². The van der Waals surface area contributed by atoms with Gasteiger partial charge >= 0.3 is 0 Å². The van der Waals surface area contributed by atoms with Gasteiger partial charge in [-0.1, -0.05) is 0 Å². The van der Waals surface area contributed by atoms with Gasteiger partial charge in [0.2, 0.25) is 11.8 Å². The predicted octanol–water partition coefficient (Wildman–Crippen LogP) is 0.457. The molecule has 4 N–H and O–H groups in total. The summed E-state index contributed by atoms with van der Waals surface area (Å²) in [6.07, 6.45) is 2.31. The lowest BCUT2D eigenvalue weighted by molar-refractivity contribution is -0.137. The first-order valence-electron chi connectivity index (χ1n) is 9.69. The Kier molecular flexibility index (Phi) is 5.38. The Morgan fingerprint density at radius 3 is 2.56 bits per heavy atom. The summed E-state index contributed by atoms with van der Waals surface area (Å²) in [5.41, 5.74) is 7.03. The number of likely N-dealkylation sites (tertiary alicyclic amines) is 1. The van der Waals surface area contributed by atoms with E-state index in [1.807, 2.05) is 4.90 Å². The Labute approximate surface area is 158 Å². The molecule has 3 aliphatic heterocycles. The topological polar surface area (TPSA) is 85.5 Å². The number of halogens is 1. The summed E-state index contributed by atoms with van der Waals surface area (Å²) in [5.74, 6) is -0.129. The smallest absolute Gasteiger partial charge is 0.241 e. The van der Waals surface area contributed by atoms with Gasteiger partial charge < -0.3 is 15.5 Å². The minimum absolute atomic E-state index is 0.0640. The van der Waals surface area contributed by atoms with Crippen molar-refractivity contribution in [3.63, 3.8) is 0 Å². The molecular formula is C19H26FN5O2. The van der Waals surface area contributed by atoms with Crippen LogP contribution in [0.15, 0.2) is 24.3 Å². The van der Waals surface area contributed by atoms with Crippen molar-refractivity contribution in [2.45, 2.75) is 31.3 Å². The van der Waals surface area contributed by atoms with Gasteiger partial charge in [0.15, 0.2) is 0 Å². The lowest BCUT2D eigenvalue weighted by Gasteiger charge is -2.35. The third-order valence-electron chi connectivity index (χ3n) is 5.94. The summed E-state index contributed by atoms with van der Waals surface area (Å²) in [7, 11) is 0. The zero-order chi connectivity index (χ0) is 18.8. The lowest BCUT2D eigenvalue weighted by Crippen LogP contribution is -2.52. The van der Waals surface area contributed by atoms with Gasteiger partial charge in [0.05, 0.1) is 0 Å². The summed E-state index contributed by atoms with van der Waals surface area (Å²) in [4.78, 5) is 27.2. The van der Waals surface area contributed by atoms with Crippen molar-refractivity contribution in [2.24, 2.45) is 11.8 Å². The molecule has 146 valence electrons. The van der Waals surface area contributed by atoms with Crippen LogP contribution in [0.1, 0.15) is 19.3 Å². The van der Waals surface area contributed by atoms with Gasteiger partial charge in [-0.2, -0.15) is 0 Å². The fourth-order valence-electron chi connectivity index (χ4n) is 4.30. The highest BCUT2D eigenvalue weighted by Crippen LogP contribution is 2.25. The Hall–Kier alpha value is -2.03. The Morgan fingerprint density at radius 1 is 1.07 bits per heavy atom. The molecule has 27 heavy (non-hydrogen) atoms. The van der Waals surface area contributed by atoms with Crippen molar-refractivity contribution < 1.29 is 14.0 Å². The molecule has 0 radical (unpaired) electrons. The number of hydrogen-bond donors (Lipinski definition) is 4. The number of anilines is 1. The molecule has 7 nitrogen and oxygen atoms in total. The molecule has 3 fully saturated rings. The second kappa shape index (κ2) is 7.92. The normalized spacial score (nSPS) is 28.6. The number of hydrazine groups is 1. The SMILES string of the molecule is O=C(Nc1ccc(F)cc1)C1CCN(C(=O)C2NNC3CCNCC32)CC1. The fourth-order valence-corrected chi connectivity index (χ4v) is 4.30. The Balaban J connectivity index is 1.29. The maximum Gasteiger partial charge on any atom is 0.241 e. The number of fused-ring (bicyclic) bond motifs is 1. The van der Waals surface area contributed by atoms with Gasteiger partial charge in [0.25, 0.3) is 0 Å². The van der Waals surface area contributed by atoms with Crippen LogP contribution in [0.2, 0.25) is 0 Å². The minimum Gasteiger partial charge on any atom is -0.341 e. The van der Waals surface area contributed by atoms with E-state index in [4.69, 9.17) is 0 Å². The van der Waals surface area contributed by atoms with E-state index in [2.05, 4.69) is 21.5 Å². The molecule has 0 bridgehead atoms. The molecule has 8 heteroatoms. The molecule has 0 aromatic heterocycles. The number of amides is 2. The first-order valence-corrected chi connectivity index (χ1v) is 9.69. The van der Waals surface area contributed by atoms with Crippen LogP contribution in [0.5, 0.6) is 0 Å². The number of hydrogen-bond acceptors (Lipinski definition) is 5. The van der Waals surface area contributed by atoms with Crippen molar-refractivity contribution in [3.8, 4) is 0 Å². The maximum absolute atomic E-state index is 13.0. The first-order chi connectivity index (χ1) is 13.1. The number of carbonyl (C=O) groups is 2. The van der Waals surface area contributed by atoms with Crippen molar-refractivity contribution >= 4 is 17.5 Å². The van der Waals surface area contributed by atoms with Crippen LogP contribution in [0.4, 0.5) is 10.1 Å². The first kappa shape index (κ1) is 18.3. The summed E-state index contributed by atoms with van der Waals surface area (Å²) in [6.45, 7) is 3.00. The molecule has 3 atom stereocenters. The average molecular weight is 375 g/mol. The van der Waals surface area contributed by atoms with Gasteiger partial charge in [-0.05, 0) is 50.1 Å². The van der Waals surface area contributed by atoms with E-state index in [-0.39, 0.29) is 35.5 Å². The molecule has 3 unspecified atom stereocenters. The van der Waals surface area contributed by atoms with E-state index in [0.29, 0.717) is 37.7 Å². The molecule has 3 saturated heterocycles. The van der Waals surface area contributed by atoms with E-state index in [1.165, 1.54) is 12.1 Å². The Morgan fingerprint density at radius 2 is 1.81 bits per heavy atom. The van der Waals surface area contributed by atoms with E-state index < -0.39 is 0 Å². The third-order valence-corrected chi connectivity index (χ3v) is 5.94. The highest BCUT2D eigenvalue weighted by molar-refractivity contribution is 5.92. The molecule has 0 saturated carbocycles. The van der Waals surface area contributed by atoms with Crippen molar-refractivity contribution in [3.05, 3.63) is 30.1 Å². The van der Waals surface area contributed by atoms with E-state index >= 15 is 0 Å². The third kappa shape index (κ3) is 3.97. The zero-order valence-electron chi connectivity index (χ0n) is 15.2. The molecule has 2 amide bonds. The highest BCUT2D eigenvalue weighted by Gasteiger charge is 2.43. The fraction of sp³-hybridized carbons (Fsp3) is 0.579. The van der Waals surface area contributed by atoms with Gasteiger partial charge in [-0.25, -0.2) is 9.82 Å². The highest BCUT2D eigenvalue weighted by atomic mass is 19.1. The lowest BCUT2D eigenvalue weighted by atomic mass is 9.88. The molecule has 1 aromatic rings. The van der Waals surface area contributed by atoms with Crippen LogP contribution in [-0.4, -0.2) is 55.0 Å². The van der Waals surface area contributed by atoms with Crippen LogP contribution >= 0.6 is 0 Å². The monoisotopic (exact) mass is 375 g/mol. The van der Waals surface area contributed by atoms with Crippen LogP contribution in [0.3, 0.4) is 0 Å². The largest absolute Gasteiger partial charge is 0.341 e. The van der Waals surface area contributed by atoms with Crippen molar-refractivity contribution in [1.82, 2.24) is 21.1 Å². The van der Waals surface area contributed by atoms with Crippen molar-refractivity contribution in [2.75, 3.05) is 31.5 Å². The molecule has 3 aliphatic rings. The van der Waals surface area contributed by atoms with Gasteiger partial charge in [0, 0.05) is 43.2 Å². The molecule has 0 spiro atoms. The van der Waals surface area contributed by atoms with Gasteiger partial charge in [-0.15, -0.1) is 0 Å². The van der Waals surface area contributed by atoms with Crippen LogP contribution in [-0.2, 0) is 9.59 Å². The number of rotatable bonds is 3. The zero-order valence-corrected chi connectivity index (χ0v) is 15.2. The Bertz CT molecular complexity index is 690. The summed E-state index contributed by atoms with van der Waals surface area (Å²) >= 11 is 0. The van der Waals surface area contributed by atoms with Crippen LogP contribution < -0.4 is 21.5 Å². The summed E-state index contributed by atoms with van der Waals surface area (Å²) in [5, 5.41) is 6.20. The number of carbonyl (C=O) groups excluding carboxylic acids is 2. The number of benzene rings is 1. The molecule has 4 rings (SSSR count). The minimum atomic E-state index is -0.328. The van der Waals surface area contributed by atoms with Gasteiger partial charge in [0.1, 0.15) is 11.9 Å². The molecule has 3 heterocycles. The van der Waals surface area contributed by atoms with Crippen LogP contribution in [0, 0.1) is 17.7 Å². The second-order valence-corrected chi connectivity index (χ2v) is 7.63. The summed E-state index contributed by atoms with van der Waals surface area (Å²) < 4.78 is 13.0. The van der Waals surface area contributed by atoms with Crippen molar-refractivity contribution in [1.29, 1.82) is 0 Å². The number of piperidine rings is 2. The standard InChI is InChI=1S/C19H26FN5O2/c20-13-1-3-14(4-2-13)22-18(26)12-6-9-25(10-7-12)19(27)17-15-11-21-8-5-16(15)23-24-17/h1-4,12,15-17,21,23-24H,5-11H2,(H,22,26). The van der Waals surface area contributed by atoms with Gasteiger partial charge in [-0.3, -0.25) is 15.0 Å².